The van der Waals surface area contributed by atoms with Gasteiger partial charge in [-0.25, -0.2) is 0 Å². The van der Waals surface area contributed by atoms with Crippen LogP contribution in [0.5, 0.6) is 0 Å². The van der Waals surface area contributed by atoms with Crippen molar-refractivity contribution in [1.29, 1.82) is 0 Å². The van der Waals surface area contributed by atoms with Crippen LogP contribution in [-0.2, 0) is 0 Å². The minimum absolute atomic E-state index is 0.816. The van der Waals surface area contributed by atoms with Gasteiger partial charge in [0.1, 0.15) is 0 Å². The molecule has 0 amide bonds. The van der Waals surface area contributed by atoms with Gasteiger partial charge < -0.3 is 5.32 Å². The smallest absolute Gasteiger partial charge is 0.0103 e. The van der Waals surface area contributed by atoms with Crippen molar-refractivity contribution in [2.75, 3.05) is 6.54 Å². The number of hydrogen-bond acceptors (Lipinski definition) is 1. The monoisotopic (exact) mass is 277 g/mol. The molecule has 0 aromatic carbocycles. The van der Waals surface area contributed by atoms with Crippen LogP contribution in [0.15, 0.2) is 0 Å². The summed E-state index contributed by atoms with van der Waals surface area (Å²) in [6.07, 6.45) is 12.1. The third-order valence-corrected chi connectivity index (χ3v) is 6.67. The first kappa shape index (κ1) is 14.9. The standard InChI is InChI=1S/C19H35N/c1-4-6-13(3)7-18(20-5-2)19-16-9-14-8-15(11-16)12-17(19)10-14/h13-20H,4-12H2,1-3H3. The van der Waals surface area contributed by atoms with Gasteiger partial charge in [0.05, 0.1) is 0 Å². The first-order valence-electron chi connectivity index (χ1n) is 9.44. The molecule has 4 rings (SSSR count). The zero-order valence-electron chi connectivity index (χ0n) is 13.9. The van der Waals surface area contributed by atoms with Gasteiger partial charge in [0.15, 0.2) is 0 Å². The fourth-order valence-corrected chi connectivity index (χ4v) is 6.31. The van der Waals surface area contributed by atoms with Crippen molar-refractivity contribution in [2.45, 2.75) is 78.2 Å². The molecular weight excluding hydrogens is 242 g/mol. The lowest BCUT2D eigenvalue weighted by atomic mass is 9.50. The van der Waals surface area contributed by atoms with Gasteiger partial charge in [0.2, 0.25) is 0 Å². The van der Waals surface area contributed by atoms with E-state index < -0.39 is 0 Å². The summed E-state index contributed by atoms with van der Waals surface area (Å²) >= 11 is 0. The largest absolute Gasteiger partial charge is 0.314 e. The summed E-state index contributed by atoms with van der Waals surface area (Å²) in [5.41, 5.74) is 0. The number of rotatable bonds is 7. The van der Waals surface area contributed by atoms with E-state index in [0.29, 0.717) is 0 Å². The number of hydrogen-bond donors (Lipinski definition) is 1. The van der Waals surface area contributed by atoms with E-state index in [1.54, 1.807) is 32.1 Å². The van der Waals surface area contributed by atoms with Gasteiger partial charge in [-0.2, -0.15) is 0 Å². The van der Waals surface area contributed by atoms with Gasteiger partial charge in [0.25, 0.3) is 0 Å². The van der Waals surface area contributed by atoms with Crippen molar-refractivity contribution in [3.8, 4) is 0 Å². The molecule has 0 spiro atoms. The maximum atomic E-state index is 3.90. The van der Waals surface area contributed by atoms with Crippen LogP contribution in [0.3, 0.4) is 0 Å². The third kappa shape index (κ3) is 2.93. The Bertz CT molecular complexity index is 283. The Kier molecular flexibility index (Phi) is 4.75. The average Bonchev–Trinajstić information content (AvgIpc) is 2.37. The lowest BCUT2D eigenvalue weighted by Gasteiger charge is -2.56. The minimum Gasteiger partial charge on any atom is -0.314 e. The molecule has 4 fully saturated rings. The third-order valence-electron chi connectivity index (χ3n) is 6.67. The first-order valence-corrected chi connectivity index (χ1v) is 9.44. The molecule has 1 N–H and O–H groups in total. The molecule has 0 aromatic heterocycles. The topological polar surface area (TPSA) is 12.0 Å². The normalized spacial score (nSPS) is 41.9. The molecule has 4 bridgehead atoms. The van der Waals surface area contributed by atoms with Crippen molar-refractivity contribution in [3.63, 3.8) is 0 Å². The molecule has 0 radical (unpaired) electrons. The molecule has 0 heterocycles. The summed E-state index contributed by atoms with van der Waals surface area (Å²) in [7, 11) is 0. The Labute approximate surface area is 126 Å². The van der Waals surface area contributed by atoms with Crippen LogP contribution in [-0.4, -0.2) is 12.6 Å². The predicted molar refractivity (Wildman–Crippen MR) is 86.7 cm³/mol. The minimum atomic E-state index is 0.816. The number of nitrogens with one attached hydrogen (secondary N) is 1. The van der Waals surface area contributed by atoms with E-state index in [1.165, 1.54) is 19.3 Å². The maximum Gasteiger partial charge on any atom is 0.0103 e. The van der Waals surface area contributed by atoms with E-state index in [2.05, 4.69) is 26.1 Å². The van der Waals surface area contributed by atoms with Crippen molar-refractivity contribution in [2.24, 2.45) is 35.5 Å². The highest BCUT2D eigenvalue weighted by Gasteiger charge is 2.50. The Morgan fingerprint density at radius 1 is 0.950 bits per heavy atom. The SMILES string of the molecule is CCCC(C)CC(NCC)C1C2CC3CC(C2)CC1C3. The molecule has 4 aliphatic carbocycles. The van der Waals surface area contributed by atoms with Crippen molar-refractivity contribution in [1.82, 2.24) is 5.32 Å². The molecule has 0 aromatic rings. The quantitative estimate of drug-likeness (QED) is 0.700. The molecule has 0 aliphatic heterocycles. The summed E-state index contributed by atoms with van der Waals surface area (Å²) in [5.74, 6) is 6.30. The van der Waals surface area contributed by atoms with Crippen molar-refractivity contribution < 1.29 is 0 Å². The summed E-state index contributed by atoms with van der Waals surface area (Å²) in [6.45, 7) is 8.27. The van der Waals surface area contributed by atoms with Gasteiger partial charge >= 0.3 is 0 Å². The molecule has 2 atom stereocenters. The lowest BCUT2D eigenvalue weighted by Crippen LogP contribution is -2.53. The van der Waals surface area contributed by atoms with Gasteiger partial charge in [-0.1, -0.05) is 33.6 Å². The lowest BCUT2D eigenvalue weighted by molar-refractivity contribution is -0.0545. The summed E-state index contributed by atoms with van der Waals surface area (Å²) in [5, 5.41) is 3.90. The van der Waals surface area contributed by atoms with E-state index in [9.17, 15) is 0 Å². The van der Waals surface area contributed by atoms with Gasteiger partial charge in [-0.05, 0) is 80.6 Å². The predicted octanol–water partition coefficient (Wildman–Crippen LogP) is 4.86. The highest BCUT2D eigenvalue weighted by Crippen LogP contribution is 2.57. The van der Waals surface area contributed by atoms with E-state index in [1.807, 2.05) is 0 Å². The highest BCUT2D eigenvalue weighted by molar-refractivity contribution is 5.01. The molecule has 1 heteroatoms. The molecule has 4 saturated carbocycles. The van der Waals surface area contributed by atoms with Gasteiger partial charge in [-0.15, -0.1) is 0 Å². The molecule has 1 nitrogen and oxygen atoms in total. The van der Waals surface area contributed by atoms with Crippen LogP contribution in [0.4, 0.5) is 0 Å². The van der Waals surface area contributed by atoms with E-state index in [0.717, 1.165) is 48.1 Å². The summed E-state index contributed by atoms with van der Waals surface area (Å²) < 4.78 is 0. The molecule has 4 aliphatic rings. The first-order chi connectivity index (χ1) is 9.71. The molecule has 2 unspecified atom stereocenters. The Hall–Kier alpha value is -0.0400. The fraction of sp³-hybridized carbons (Fsp3) is 1.00. The van der Waals surface area contributed by atoms with E-state index >= 15 is 0 Å². The van der Waals surface area contributed by atoms with Crippen molar-refractivity contribution in [3.05, 3.63) is 0 Å². The van der Waals surface area contributed by atoms with Gasteiger partial charge in [-0.3, -0.25) is 0 Å². The maximum absolute atomic E-state index is 3.90. The van der Waals surface area contributed by atoms with Crippen LogP contribution >= 0.6 is 0 Å². The van der Waals surface area contributed by atoms with Crippen LogP contribution < -0.4 is 5.32 Å². The van der Waals surface area contributed by atoms with Crippen LogP contribution in [0.2, 0.25) is 0 Å². The van der Waals surface area contributed by atoms with Crippen molar-refractivity contribution >= 4 is 0 Å². The summed E-state index contributed by atoms with van der Waals surface area (Å²) in [4.78, 5) is 0. The summed E-state index contributed by atoms with van der Waals surface area (Å²) in [6, 6.07) is 0.816. The second-order valence-corrected chi connectivity index (χ2v) is 8.30. The molecule has 0 saturated heterocycles. The molecule has 116 valence electrons. The zero-order valence-corrected chi connectivity index (χ0v) is 13.9. The Balaban J connectivity index is 1.67. The van der Waals surface area contributed by atoms with Crippen LogP contribution in [0.25, 0.3) is 0 Å². The second-order valence-electron chi connectivity index (χ2n) is 8.30. The van der Waals surface area contributed by atoms with E-state index in [-0.39, 0.29) is 0 Å². The second kappa shape index (κ2) is 6.38. The van der Waals surface area contributed by atoms with Crippen LogP contribution in [0.1, 0.15) is 72.1 Å². The zero-order chi connectivity index (χ0) is 14.1. The molecule has 20 heavy (non-hydrogen) atoms. The Morgan fingerprint density at radius 2 is 1.55 bits per heavy atom. The molecular formula is C19H35N. The van der Waals surface area contributed by atoms with Crippen LogP contribution in [0, 0.1) is 35.5 Å². The average molecular weight is 277 g/mol. The fourth-order valence-electron chi connectivity index (χ4n) is 6.31. The Morgan fingerprint density at radius 3 is 2.05 bits per heavy atom. The van der Waals surface area contributed by atoms with Gasteiger partial charge in [0, 0.05) is 6.04 Å². The highest BCUT2D eigenvalue weighted by atomic mass is 14.9. The van der Waals surface area contributed by atoms with E-state index in [4.69, 9.17) is 0 Å².